The van der Waals surface area contributed by atoms with E-state index in [0.717, 1.165) is 11.1 Å². The molecular weight excluding hydrogens is 368 g/mol. The summed E-state index contributed by atoms with van der Waals surface area (Å²) in [6, 6.07) is 5.18. The van der Waals surface area contributed by atoms with Gasteiger partial charge in [-0.1, -0.05) is 0 Å². The number of hydrogen-bond acceptors (Lipinski definition) is 5. The lowest BCUT2D eigenvalue weighted by molar-refractivity contribution is 0.192. The van der Waals surface area contributed by atoms with Gasteiger partial charge in [0, 0.05) is 37.7 Å². The predicted octanol–water partition coefficient (Wildman–Crippen LogP) is 1.08. The number of nitrogens with one attached hydrogen (secondary N) is 1. The summed E-state index contributed by atoms with van der Waals surface area (Å²) in [5.74, 6) is 0. The van der Waals surface area contributed by atoms with E-state index < -0.39 is 10.0 Å². The van der Waals surface area contributed by atoms with Gasteiger partial charge in [0.25, 0.3) is 15.6 Å². The van der Waals surface area contributed by atoms with E-state index in [0.29, 0.717) is 30.8 Å². The first-order valence-corrected chi connectivity index (χ1v) is 10.1. The fourth-order valence-electron chi connectivity index (χ4n) is 3.27. The van der Waals surface area contributed by atoms with Crippen molar-refractivity contribution in [3.63, 3.8) is 0 Å². The van der Waals surface area contributed by atoms with Crippen LogP contribution < -0.4 is 10.3 Å². The summed E-state index contributed by atoms with van der Waals surface area (Å²) in [5, 5.41) is 0.0767. The van der Waals surface area contributed by atoms with E-state index in [-0.39, 0.29) is 16.6 Å². The van der Waals surface area contributed by atoms with Gasteiger partial charge >= 0.3 is 0 Å². The largest absolute Gasteiger partial charge is 0.380 e. The Bertz CT molecular complexity index is 1150. The van der Waals surface area contributed by atoms with E-state index in [1.807, 2.05) is 6.07 Å². The van der Waals surface area contributed by atoms with Crippen LogP contribution in [0, 0.1) is 6.92 Å². The van der Waals surface area contributed by atoms with Crippen molar-refractivity contribution < 1.29 is 13.2 Å². The number of ether oxygens (including phenoxy) is 1. The van der Waals surface area contributed by atoms with Gasteiger partial charge in [-0.05, 0) is 42.7 Å². The molecule has 142 valence electrons. The van der Waals surface area contributed by atoms with E-state index in [1.165, 1.54) is 10.8 Å². The molecule has 0 saturated carbocycles. The van der Waals surface area contributed by atoms with Crippen molar-refractivity contribution in [3.8, 4) is 11.1 Å². The van der Waals surface area contributed by atoms with E-state index in [1.54, 1.807) is 42.9 Å². The van der Waals surface area contributed by atoms with Crippen LogP contribution in [-0.4, -0.2) is 41.6 Å². The smallest absolute Gasteiger partial charge is 0.258 e. The first kappa shape index (κ1) is 17.9. The molecule has 0 aliphatic carbocycles. The number of pyridine rings is 2. The minimum absolute atomic E-state index is 0.0614. The molecule has 1 atom stereocenters. The zero-order chi connectivity index (χ0) is 19.2. The zero-order valence-corrected chi connectivity index (χ0v) is 15.9. The molecule has 0 bridgehead atoms. The topological polar surface area (TPSA) is 94.7 Å². The standard InChI is InChI=1S/C18H20N4O4S/c1-12-7-14(9-21(2)18(12)23)13-3-4-16-19-8-17(22(16)10-13)27(24,25)20-15-5-6-26-11-15/h3-4,7-10,15,20H,5-6,11H2,1-2H3. The van der Waals surface area contributed by atoms with Crippen molar-refractivity contribution >= 4 is 15.7 Å². The molecule has 4 rings (SSSR count). The van der Waals surface area contributed by atoms with Crippen LogP contribution in [0.5, 0.6) is 0 Å². The molecule has 3 aromatic heterocycles. The summed E-state index contributed by atoms with van der Waals surface area (Å²) in [6.07, 6.45) is 5.46. The van der Waals surface area contributed by atoms with Crippen LogP contribution in [0.15, 0.2) is 46.6 Å². The van der Waals surface area contributed by atoms with Crippen LogP contribution in [0.3, 0.4) is 0 Å². The summed E-state index contributed by atoms with van der Waals surface area (Å²) >= 11 is 0. The maximum absolute atomic E-state index is 12.8. The van der Waals surface area contributed by atoms with Gasteiger partial charge in [-0.15, -0.1) is 0 Å². The molecule has 0 aromatic carbocycles. The number of aromatic nitrogens is 3. The molecule has 1 fully saturated rings. The molecule has 4 heterocycles. The Balaban J connectivity index is 1.78. The Hall–Kier alpha value is -2.49. The van der Waals surface area contributed by atoms with E-state index in [4.69, 9.17) is 4.74 Å². The van der Waals surface area contributed by atoms with Crippen molar-refractivity contribution in [1.29, 1.82) is 0 Å². The lowest BCUT2D eigenvalue weighted by Gasteiger charge is -2.12. The summed E-state index contributed by atoms with van der Waals surface area (Å²) < 4.78 is 36.6. The molecule has 1 N–H and O–H groups in total. The van der Waals surface area contributed by atoms with E-state index in [9.17, 15) is 13.2 Å². The zero-order valence-electron chi connectivity index (χ0n) is 15.0. The fourth-order valence-corrected chi connectivity index (χ4v) is 4.61. The van der Waals surface area contributed by atoms with Gasteiger partial charge < -0.3 is 9.30 Å². The molecule has 1 saturated heterocycles. The number of sulfonamides is 1. The van der Waals surface area contributed by atoms with Crippen LogP contribution in [0.4, 0.5) is 0 Å². The monoisotopic (exact) mass is 388 g/mol. The highest BCUT2D eigenvalue weighted by molar-refractivity contribution is 7.89. The Kier molecular flexibility index (Phi) is 4.37. The average Bonchev–Trinajstić information content (AvgIpc) is 3.27. The van der Waals surface area contributed by atoms with Crippen molar-refractivity contribution in [2.45, 2.75) is 24.4 Å². The second kappa shape index (κ2) is 6.59. The highest BCUT2D eigenvalue weighted by atomic mass is 32.2. The lowest BCUT2D eigenvalue weighted by Crippen LogP contribution is -2.35. The van der Waals surface area contributed by atoms with Gasteiger partial charge in [0.1, 0.15) is 5.65 Å². The third kappa shape index (κ3) is 3.29. The molecule has 1 aliphatic heterocycles. The summed E-state index contributed by atoms with van der Waals surface area (Å²) in [6.45, 7) is 2.68. The minimum atomic E-state index is -3.73. The molecule has 8 nitrogen and oxygen atoms in total. The van der Waals surface area contributed by atoms with Crippen molar-refractivity contribution in [2.75, 3.05) is 13.2 Å². The highest BCUT2D eigenvalue weighted by Gasteiger charge is 2.26. The molecule has 3 aromatic rings. The summed E-state index contributed by atoms with van der Waals surface area (Å²) in [7, 11) is -2.04. The molecule has 9 heteroatoms. The Labute approximate surface area is 156 Å². The van der Waals surface area contributed by atoms with Gasteiger partial charge in [-0.2, -0.15) is 0 Å². The van der Waals surface area contributed by atoms with Crippen LogP contribution in [0.25, 0.3) is 16.8 Å². The maximum Gasteiger partial charge on any atom is 0.258 e. The van der Waals surface area contributed by atoms with Crippen LogP contribution in [0.1, 0.15) is 12.0 Å². The molecule has 0 radical (unpaired) electrons. The Morgan fingerprint density at radius 2 is 2.07 bits per heavy atom. The second-order valence-electron chi connectivity index (χ2n) is 6.75. The quantitative estimate of drug-likeness (QED) is 0.722. The molecule has 0 amide bonds. The molecule has 1 unspecified atom stereocenters. The van der Waals surface area contributed by atoms with Gasteiger partial charge in [0.05, 0.1) is 12.8 Å². The van der Waals surface area contributed by atoms with Crippen LogP contribution in [-0.2, 0) is 21.8 Å². The van der Waals surface area contributed by atoms with Gasteiger partial charge in [0.15, 0.2) is 5.03 Å². The number of fused-ring (bicyclic) bond motifs is 1. The maximum atomic E-state index is 12.8. The first-order chi connectivity index (χ1) is 12.8. The van der Waals surface area contributed by atoms with Crippen molar-refractivity contribution in [2.24, 2.45) is 7.05 Å². The normalized spacial score (nSPS) is 17.6. The minimum Gasteiger partial charge on any atom is -0.380 e. The molecule has 27 heavy (non-hydrogen) atoms. The third-order valence-corrected chi connectivity index (χ3v) is 6.19. The Morgan fingerprint density at radius 3 is 2.78 bits per heavy atom. The first-order valence-electron chi connectivity index (χ1n) is 8.60. The number of aryl methyl sites for hydroxylation is 2. The SMILES string of the molecule is Cc1cc(-c2ccc3ncc(S(=O)(=O)NC4CCOC4)n3c2)cn(C)c1=O. The number of hydrogen-bond donors (Lipinski definition) is 1. The van der Waals surface area contributed by atoms with E-state index in [2.05, 4.69) is 9.71 Å². The average molecular weight is 388 g/mol. The van der Waals surface area contributed by atoms with Gasteiger partial charge in [0.2, 0.25) is 0 Å². The van der Waals surface area contributed by atoms with E-state index >= 15 is 0 Å². The molecule has 1 aliphatic rings. The molecular formula is C18H20N4O4S. The fraction of sp³-hybridized carbons (Fsp3) is 0.333. The van der Waals surface area contributed by atoms with Gasteiger partial charge in [-0.3, -0.25) is 9.20 Å². The van der Waals surface area contributed by atoms with Crippen LogP contribution >= 0.6 is 0 Å². The number of imidazole rings is 1. The second-order valence-corrected chi connectivity index (χ2v) is 8.41. The van der Waals surface area contributed by atoms with Gasteiger partial charge in [-0.25, -0.2) is 18.1 Å². The number of nitrogens with zero attached hydrogens (tertiary/aromatic N) is 3. The van der Waals surface area contributed by atoms with Crippen LogP contribution in [0.2, 0.25) is 0 Å². The number of rotatable bonds is 4. The molecule has 0 spiro atoms. The lowest BCUT2D eigenvalue weighted by atomic mass is 10.1. The summed E-state index contributed by atoms with van der Waals surface area (Å²) in [5.41, 5.74) is 2.71. The Morgan fingerprint density at radius 1 is 1.26 bits per heavy atom. The van der Waals surface area contributed by atoms with Crippen molar-refractivity contribution in [3.05, 3.63) is 52.7 Å². The predicted molar refractivity (Wildman–Crippen MR) is 100 cm³/mol. The van der Waals surface area contributed by atoms with Crippen molar-refractivity contribution in [1.82, 2.24) is 18.7 Å². The summed E-state index contributed by atoms with van der Waals surface area (Å²) in [4.78, 5) is 16.1. The third-order valence-electron chi connectivity index (χ3n) is 4.69. The highest BCUT2D eigenvalue weighted by Crippen LogP contribution is 2.22.